The Morgan fingerprint density at radius 1 is 1.00 bits per heavy atom. The molecule has 0 spiro atoms. The number of urea groups is 1. The van der Waals surface area contributed by atoms with Gasteiger partial charge in [-0.2, -0.15) is 0 Å². The molecule has 2 aliphatic rings. The fraction of sp³-hybridized carbons (Fsp3) is 0.167. The van der Waals surface area contributed by atoms with Crippen molar-refractivity contribution in [2.45, 2.75) is 18.9 Å². The Balaban J connectivity index is 1.84. The van der Waals surface area contributed by atoms with Crippen LogP contribution in [0.25, 0.3) is 5.70 Å². The standard InChI is InChI=1S/C18H15ClN2O/c19-13-8-5-12(6-9-13)16-15-10-7-11-3-1-2-4-14(11)17(15)21-18(22)20-16/h1-6,8-9,16H,7,10H2,(H2,20,21,22)/t16-/m0/s1. The number of amides is 2. The highest BCUT2D eigenvalue weighted by Gasteiger charge is 2.31. The average molecular weight is 311 g/mol. The predicted octanol–water partition coefficient (Wildman–Crippen LogP) is 4.05. The Morgan fingerprint density at radius 2 is 1.77 bits per heavy atom. The maximum absolute atomic E-state index is 12.1. The molecule has 3 nitrogen and oxygen atoms in total. The van der Waals surface area contributed by atoms with Crippen molar-refractivity contribution in [2.75, 3.05) is 0 Å². The number of halogens is 1. The van der Waals surface area contributed by atoms with Gasteiger partial charge in [-0.25, -0.2) is 4.79 Å². The summed E-state index contributed by atoms with van der Waals surface area (Å²) in [5.41, 5.74) is 5.69. The second kappa shape index (κ2) is 5.18. The smallest absolute Gasteiger partial charge is 0.319 e. The van der Waals surface area contributed by atoms with Crippen LogP contribution in [-0.2, 0) is 6.42 Å². The summed E-state index contributed by atoms with van der Waals surface area (Å²) in [5, 5.41) is 6.72. The maximum atomic E-state index is 12.1. The van der Waals surface area contributed by atoms with E-state index < -0.39 is 0 Å². The van der Waals surface area contributed by atoms with Crippen LogP contribution in [0.3, 0.4) is 0 Å². The fourth-order valence-electron chi connectivity index (χ4n) is 3.29. The van der Waals surface area contributed by atoms with Gasteiger partial charge in [0.15, 0.2) is 0 Å². The van der Waals surface area contributed by atoms with Gasteiger partial charge in [-0.3, -0.25) is 0 Å². The Bertz CT molecular complexity index is 780. The molecule has 2 aromatic carbocycles. The summed E-state index contributed by atoms with van der Waals surface area (Å²) in [6, 6.07) is 15.7. The molecule has 0 aromatic heterocycles. The van der Waals surface area contributed by atoms with Crippen molar-refractivity contribution < 1.29 is 4.79 Å². The van der Waals surface area contributed by atoms with Gasteiger partial charge in [0.25, 0.3) is 0 Å². The zero-order valence-corrected chi connectivity index (χ0v) is 12.7. The van der Waals surface area contributed by atoms with E-state index in [9.17, 15) is 4.79 Å². The normalized spacial score (nSPS) is 19.9. The van der Waals surface area contributed by atoms with E-state index in [2.05, 4.69) is 22.8 Å². The third-order valence-corrected chi connectivity index (χ3v) is 4.59. The van der Waals surface area contributed by atoms with Crippen LogP contribution in [0.1, 0.15) is 29.2 Å². The minimum absolute atomic E-state index is 0.0885. The first-order chi connectivity index (χ1) is 10.7. The van der Waals surface area contributed by atoms with Crippen molar-refractivity contribution in [3.8, 4) is 0 Å². The molecule has 110 valence electrons. The Kier molecular flexibility index (Phi) is 3.16. The molecule has 0 saturated heterocycles. The molecule has 4 heteroatoms. The second-order valence-electron chi connectivity index (χ2n) is 5.64. The van der Waals surface area contributed by atoms with Crippen LogP contribution in [-0.4, -0.2) is 6.03 Å². The number of carbonyl (C=O) groups excluding carboxylic acids is 1. The van der Waals surface area contributed by atoms with E-state index in [1.165, 1.54) is 11.1 Å². The molecule has 22 heavy (non-hydrogen) atoms. The van der Waals surface area contributed by atoms with E-state index in [-0.39, 0.29) is 12.1 Å². The number of nitrogens with one attached hydrogen (secondary N) is 2. The topological polar surface area (TPSA) is 41.1 Å². The summed E-state index contributed by atoms with van der Waals surface area (Å²) in [5.74, 6) is 0. The third-order valence-electron chi connectivity index (χ3n) is 4.34. The molecule has 1 heterocycles. The molecule has 2 aromatic rings. The summed E-state index contributed by atoms with van der Waals surface area (Å²) in [6.07, 6.45) is 1.93. The van der Waals surface area contributed by atoms with Gasteiger partial charge < -0.3 is 10.6 Å². The number of fused-ring (bicyclic) bond motifs is 2. The number of rotatable bonds is 1. The van der Waals surface area contributed by atoms with Gasteiger partial charge in [0.05, 0.1) is 11.7 Å². The molecule has 0 fully saturated rings. The van der Waals surface area contributed by atoms with Crippen molar-refractivity contribution in [2.24, 2.45) is 0 Å². The van der Waals surface area contributed by atoms with E-state index in [1.54, 1.807) is 0 Å². The molecular formula is C18H15ClN2O. The van der Waals surface area contributed by atoms with Crippen LogP contribution in [0.15, 0.2) is 54.1 Å². The van der Waals surface area contributed by atoms with E-state index in [0.717, 1.165) is 29.7 Å². The fourth-order valence-corrected chi connectivity index (χ4v) is 3.42. The highest BCUT2D eigenvalue weighted by molar-refractivity contribution is 6.30. The highest BCUT2D eigenvalue weighted by atomic mass is 35.5. The molecular weight excluding hydrogens is 296 g/mol. The van der Waals surface area contributed by atoms with Crippen LogP contribution in [0, 0.1) is 0 Å². The number of benzene rings is 2. The molecule has 0 radical (unpaired) electrons. The van der Waals surface area contributed by atoms with Gasteiger partial charge in [0.2, 0.25) is 0 Å². The lowest BCUT2D eigenvalue weighted by molar-refractivity contribution is 0.240. The van der Waals surface area contributed by atoms with Crippen molar-refractivity contribution in [3.05, 3.63) is 75.8 Å². The Morgan fingerprint density at radius 3 is 2.59 bits per heavy atom. The van der Waals surface area contributed by atoms with Gasteiger partial charge in [0, 0.05) is 10.6 Å². The highest BCUT2D eigenvalue weighted by Crippen LogP contribution is 2.38. The molecule has 1 aliphatic heterocycles. The quantitative estimate of drug-likeness (QED) is 0.819. The van der Waals surface area contributed by atoms with Gasteiger partial charge in [-0.1, -0.05) is 48.0 Å². The first-order valence-corrected chi connectivity index (χ1v) is 7.74. The minimum Gasteiger partial charge on any atom is -0.327 e. The summed E-state index contributed by atoms with van der Waals surface area (Å²) >= 11 is 5.97. The van der Waals surface area contributed by atoms with Crippen LogP contribution in [0.5, 0.6) is 0 Å². The van der Waals surface area contributed by atoms with Gasteiger partial charge in [-0.15, -0.1) is 0 Å². The van der Waals surface area contributed by atoms with Crippen molar-refractivity contribution in [3.63, 3.8) is 0 Å². The minimum atomic E-state index is -0.157. The number of aryl methyl sites for hydroxylation is 1. The molecule has 1 aliphatic carbocycles. The number of hydrogen-bond acceptors (Lipinski definition) is 1. The van der Waals surface area contributed by atoms with Crippen LogP contribution >= 0.6 is 11.6 Å². The lowest BCUT2D eigenvalue weighted by Gasteiger charge is -2.34. The monoisotopic (exact) mass is 310 g/mol. The molecule has 0 saturated carbocycles. The van der Waals surface area contributed by atoms with Crippen LogP contribution < -0.4 is 10.6 Å². The van der Waals surface area contributed by atoms with Crippen molar-refractivity contribution in [1.82, 2.24) is 10.6 Å². The molecule has 1 atom stereocenters. The van der Waals surface area contributed by atoms with Gasteiger partial charge in [-0.05, 0) is 41.7 Å². The molecule has 4 rings (SSSR count). The van der Waals surface area contributed by atoms with Crippen molar-refractivity contribution in [1.29, 1.82) is 0 Å². The lowest BCUT2D eigenvalue weighted by atomic mass is 9.83. The molecule has 2 amide bonds. The van der Waals surface area contributed by atoms with Crippen LogP contribution in [0.4, 0.5) is 4.79 Å². The summed E-state index contributed by atoms with van der Waals surface area (Å²) in [6.45, 7) is 0. The summed E-state index contributed by atoms with van der Waals surface area (Å²) < 4.78 is 0. The molecule has 2 N–H and O–H groups in total. The molecule has 0 unspecified atom stereocenters. The largest absolute Gasteiger partial charge is 0.327 e. The van der Waals surface area contributed by atoms with Crippen LogP contribution in [0.2, 0.25) is 5.02 Å². The number of carbonyl (C=O) groups is 1. The average Bonchev–Trinajstić information content (AvgIpc) is 2.55. The lowest BCUT2D eigenvalue weighted by Crippen LogP contribution is -2.44. The second-order valence-corrected chi connectivity index (χ2v) is 6.08. The summed E-state index contributed by atoms with van der Waals surface area (Å²) in [4.78, 5) is 12.1. The van der Waals surface area contributed by atoms with Gasteiger partial charge in [0.1, 0.15) is 0 Å². The first-order valence-electron chi connectivity index (χ1n) is 7.36. The molecule has 0 bridgehead atoms. The van der Waals surface area contributed by atoms with Gasteiger partial charge >= 0.3 is 6.03 Å². The number of hydrogen-bond donors (Lipinski definition) is 2. The Hall–Kier alpha value is -2.26. The van der Waals surface area contributed by atoms with E-state index in [0.29, 0.717) is 5.02 Å². The Labute approximate surface area is 134 Å². The zero-order valence-electron chi connectivity index (χ0n) is 11.9. The zero-order chi connectivity index (χ0) is 15.1. The SMILES string of the molecule is O=C1NC2=C(CCc3ccccc32)[C@H](c2ccc(Cl)cc2)N1. The van der Waals surface area contributed by atoms with E-state index >= 15 is 0 Å². The summed E-state index contributed by atoms with van der Waals surface area (Å²) in [7, 11) is 0. The van der Waals surface area contributed by atoms with Crippen molar-refractivity contribution >= 4 is 23.3 Å². The van der Waals surface area contributed by atoms with E-state index in [1.807, 2.05) is 36.4 Å². The predicted molar refractivity (Wildman–Crippen MR) is 87.5 cm³/mol. The first kappa shape index (κ1) is 13.4. The van der Waals surface area contributed by atoms with E-state index in [4.69, 9.17) is 11.6 Å². The third kappa shape index (κ3) is 2.18. The maximum Gasteiger partial charge on any atom is 0.319 e.